The Hall–Kier alpha value is 0. The molecule has 0 heterocycles. The highest BCUT2D eigenvalue weighted by Gasteiger charge is 2.49. The largest absolute Gasteiger partial charge is 0.0654 e. The van der Waals surface area contributed by atoms with Crippen molar-refractivity contribution in [1.82, 2.24) is 0 Å². The van der Waals surface area contributed by atoms with Gasteiger partial charge in [0.1, 0.15) is 0 Å². The van der Waals surface area contributed by atoms with Crippen LogP contribution in [0.25, 0.3) is 0 Å². The Balaban J connectivity index is 2.04. The molecule has 0 N–H and O–H groups in total. The van der Waals surface area contributed by atoms with Crippen molar-refractivity contribution in [3.63, 3.8) is 0 Å². The first-order chi connectivity index (χ1) is 6.16. The van der Waals surface area contributed by atoms with Crippen LogP contribution in [-0.2, 0) is 0 Å². The third-order valence-electron chi connectivity index (χ3n) is 5.05. The number of fused-ring (bicyclic) bond motifs is 2. The normalized spacial score (nSPS) is 45.5. The summed E-state index contributed by atoms with van der Waals surface area (Å²) in [6, 6.07) is 0. The Morgan fingerprint density at radius 1 is 1.38 bits per heavy atom. The lowest BCUT2D eigenvalue weighted by Crippen LogP contribution is -2.31. The average molecular weight is 180 g/mol. The molecule has 13 heavy (non-hydrogen) atoms. The first-order valence-electron chi connectivity index (χ1n) is 6.16. The maximum Gasteiger partial charge on any atom is -0.0269 e. The molecule has 0 aromatic rings. The molecule has 2 saturated carbocycles. The molecule has 2 bridgehead atoms. The SMILES string of the molecule is CCCC(C)C1(C)CC2CCC1C2. The molecule has 0 radical (unpaired) electrons. The Labute approximate surface area is 83.1 Å². The van der Waals surface area contributed by atoms with E-state index in [9.17, 15) is 0 Å². The fraction of sp³-hybridized carbons (Fsp3) is 1.00. The molecule has 0 spiro atoms. The predicted octanol–water partition coefficient (Wildman–Crippen LogP) is 4.25. The van der Waals surface area contributed by atoms with Crippen molar-refractivity contribution < 1.29 is 0 Å². The van der Waals surface area contributed by atoms with E-state index in [-0.39, 0.29) is 0 Å². The van der Waals surface area contributed by atoms with E-state index in [1.165, 1.54) is 19.3 Å². The molecule has 2 rings (SSSR count). The molecule has 0 aromatic carbocycles. The first kappa shape index (κ1) is 9.55. The summed E-state index contributed by atoms with van der Waals surface area (Å²) in [5.41, 5.74) is 0.721. The summed E-state index contributed by atoms with van der Waals surface area (Å²) in [5.74, 6) is 3.15. The smallest absolute Gasteiger partial charge is 0.0269 e. The lowest BCUT2D eigenvalue weighted by molar-refractivity contribution is 0.101. The summed E-state index contributed by atoms with van der Waals surface area (Å²) < 4.78 is 0. The van der Waals surface area contributed by atoms with E-state index in [4.69, 9.17) is 0 Å². The van der Waals surface area contributed by atoms with Crippen molar-refractivity contribution in [3.05, 3.63) is 0 Å². The van der Waals surface area contributed by atoms with E-state index in [1.807, 2.05) is 0 Å². The van der Waals surface area contributed by atoms with Crippen LogP contribution in [0.15, 0.2) is 0 Å². The highest BCUT2D eigenvalue weighted by atomic mass is 14.5. The molecule has 0 aromatic heterocycles. The second-order valence-corrected chi connectivity index (χ2v) is 5.78. The molecular formula is C13H24. The second kappa shape index (κ2) is 3.29. The quantitative estimate of drug-likeness (QED) is 0.609. The van der Waals surface area contributed by atoms with Crippen molar-refractivity contribution in [2.24, 2.45) is 23.2 Å². The Morgan fingerprint density at radius 3 is 2.62 bits per heavy atom. The zero-order chi connectivity index (χ0) is 9.47. The minimum absolute atomic E-state index is 0.721. The van der Waals surface area contributed by atoms with Gasteiger partial charge in [-0.3, -0.25) is 0 Å². The van der Waals surface area contributed by atoms with Crippen molar-refractivity contribution in [1.29, 1.82) is 0 Å². The highest BCUT2D eigenvalue weighted by molar-refractivity contribution is 4.99. The topological polar surface area (TPSA) is 0 Å². The third kappa shape index (κ3) is 1.43. The number of hydrogen-bond donors (Lipinski definition) is 0. The molecule has 0 aliphatic heterocycles. The summed E-state index contributed by atoms with van der Waals surface area (Å²) in [5, 5.41) is 0. The maximum atomic E-state index is 2.57. The minimum atomic E-state index is 0.721. The van der Waals surface area contributed by atoms with Gasteiger partial charge in [-0.25, -0.2) is 0 Å². The van der Waals surface area contributed by atoms with Gasteiger partial charge in [-0.15, -0.1) is 0 Å². The zero-order valence-electron chi connectivity index (χ0n) is 9.47. The maximum absolute atomic E-state index is 2.57. The number of hydrogen-bond acceptors (Lipinski definition) is 0. The molecular weight excluding hydrogens is 156 g/mol. The van der Waals surface area contributed by atoms with Crippen LogP contribution in [0.5, 0.6) is 0 Å². The van der Waals surface area contributed by atoms with Gasteiger partial charge >= 0.3 is 0 Å². The summed E-state index contributed by atoms with van der Waals surface area (Å²) in [7, 11) is 0. The number of rotatable bonds is 3. The standard InChI is InChI=1S/C13H24/c1-4-5-10(2)13(3)9-11-6-7-12(13)8-11/h10-12H,4-9H2,1-3H3. The van der Waals surface area contributed by atoms with Crippen LogP contribution in [-0.4, -0.2) is 0 Å². The summed E-state index contributed by atoms with van der Waals surface area (Å²) >= 11 is 0. The van der Waals surface area contributed by atoms with Crippen molar-refractivity contribution in [2.75, 3.05) is 0 Å². The van der Waals surface area contributed by atoms with Gasteiger partial charge in [0.05, 0.1) is 0 Å². The van der Waals surface area contributed by atoms with Crippen molar-refractivity contribution in [3.8, 4) is 0 Å². The lowest BCUT2D eigenvalue weighted by atomic mass is 9.66. The van der Waals surface area contributed by atoms with Gasteiger partial charge in [0, 0.05) is 0 Å². The van der Waals surface area contributed by atoms with Crippen LogP contribution < -0.4 is 0 Å². The Kier molecular flexibility index (Phi) is 2.42. The lowest BCUT2D eigenvalue weighted by Gasteiger charge is -2.39. The highest BCUT2D eigenvalue weighted by Crippen LogP contribution is 2.59. The van der Waals surface area contributed by atoms with Gasteiger partial charge in [0.25, 0.3) is 0 Å². The third-order valence-corrected chi connectivity index (χ3v) is 5.05. The van der Waals surface area contributed by atoms with Gasteiger partial charge in [-0.05, 0) is 42.4 Å². The first-order valence-corrected chi connectivity index (χ1v) is 6.16. The Bertz CT molecular complexity index is 184. The predicted molar refractivity (Wildman–Crippen MR) is 57.6 cm³/mol. The van der Waals surface area contributed by atoms with E-state index < -0.39 is 0 Å². The molecule has 2 aliphatic rings. The van der Waals surface area contributed by atoms with Gasteiger partial charge < -0.3 is 0 Å². The molecule has 4 atom stereocenters. The van der Waals surface area contributed by atoms with Crippen LogP contribution in [0.1, 0.15) is 59.3 Å². The van der Waals surface area contributed by atoms with Gasteiger partial charge in [0.15, 0.2) is 0 Å². The van der Waals surface area contributed by atoms with Crippen LogP contribution >= 0.6 is 0 Å². The fourth-order valence-corrected chi connectivity index (χ4v) is 4.01. The van der Waals surface area contributed by atoms with Crippen LogP contribution in [0.4, 0.5) is 0 Å². The monoisotopic (exact) mass is 180 g/mol. The van der Waals surface area contributed by atoms with Gasteiger partial charge in [-0.2, -0.15) is 0 Å². The average Bonchev–Trinajstić information content (AvgIpc) is 2.64. The van der Waals surface area contributed by atoms with Gasteiger partial charge in [-0.1, -0.05) is 40.0 Å². The summed E-state index contributed by atoms with van der Waals surface area (Å²) in [4.78, 5) is 0. The molecule has 0 amide bonds. The van der Waals surface area contributed by atoms with E-state index in [0.717, 1.165) is 23.2 Å². The summed E-state index contributed by atoms with van der Waals surface area (Å²) in [6.07, 6.45) is 8.99. The van der Waals surface area contributed by atoms with E-state index in [2.05, 4.69) is 20.8 Å². The van der Waals surface area contributed by atoms with Crippen LogP contribution in [0, 0.1) is 23.2 Å². The van der Waals surface area contributed by atoms with Crippen molar-refractivity contribution >= 4 is 0 Å². The second-order valence-electron chi connectivity index (χ2n) is 5.78. The van der Waals surface area contributed by atoms with E-state index >= 15 is 0 Å². The van der Waals surface area contributed by atoms with E-state index in [1.54, 1.807) is 19.3 Å². The van der Waals surface area contributed by atoms with Crippen LogP contribution in [0.2, 0.25) is 0 Å². The molecule has 0 saturated heterocycles. The summed E-state index contributed by atoms with van der Waals surface area (Å²) in [6.45, 7) is 7.38. The molecule has 2 aliphatic carbocycles. The molecule has 4 unspecified atom stereocenters. The van der Waals surface area contributed by atoms with Crippen molar-refractivity contribution in [2.45, 2.75) is 59.3 Å². The molecule has 0 heteroatoms. The minimum Gasteiger partial charge on any atom is -0.0654 e. The van der Waals surface area contributed by atoms with Gasteiger partial charge in [0.2, 0.25) is 0 Å². The molecule has 76 valence electrons. The zero-order valence-corrected chi connectivity index (χ0v) is 9.47. The fourth-order valence-electron chi connectivity index (χ4n) is 4.01. The molecule has 0 nitrogen and oxygen atoms in total. The Morgan fingerprint density at radius 2 is 2.15 bits per heavy atom. The van der Waals surface area contributed by atoms with Crippen LogP contribution in [0.3, 0.4) is 0 Å². The van der Waals surface area contributed by atoms with E-state index in [0.29, 0.717) is 0 Å². The molecule has 2 fully saturated rings.